The second-order valence-electron chi connectivity index (χ2n) is 13.2. The summed E-state index contributed by atoms with van der Waals surface area (Å²) in [4.78, 5) is 9.67. The lowest BCUT2D eigenvalue weighted by Crippen LogP contribution is -2.59. The molecule has 0 aliphatic carbocycles. The van der Waals surface area contributed by atoms with Gasteiger partial charge in [-0.05, 0) is 68.5 Å². The molecule has 3 heterocycles. The molecule has 0 saturated carbocycles. The third-order valence-electron chi connectivity index (χ3n) is 9.36. The highest BCUT2D eigenvalue weighted by atomic mass is 16.7. The molecule has 8 heteroatoms. The van der Waals surface area contributed by atoms with Crippen LogP contribution in [0.4, 0.5) is 0 Å². The number of benzene rings is 2. The summed E-state index contributed by atoms with van der Waals surface area (Å²) in [6.45, 7) is 6.55. The summed E-state index contributed by atoms with van der Waals surface area (Å²) in [5, 5.41) is 32.8. The molecule has 0 bridgehead atoms. The molecule has 8 nitrogen and oxygen atoms in total. The average Bonchev–Trinajstić information content (AvgIpc) is 3.13. The molecule has 2 aromatic heterocycles. The number of aryl methyl sites for hydroxylation is 4. The maximum absolute atomic E-state index is 11.1. The van der Waals surface area contributed by atoms with Crippen LogP contribution < -0.4 is 0 Å². The summed E-state index contributed by atoms with van der Waals surface area (Å²) in [5.74, 6) is 0. The largest absolute Gasteiger partial charge is 0.387 e. The first-order valence-corrected chi connectivity index (χ1v) is 17.8. The molecule has 1 saturated heterocycles. The highest BCUT2D eigenvalue weighted by Crippen LogP contribution is 2.41. The molecule has 262 valence electrons. The van der Waals surface area contributed by atoms with Gasteiger partial charge in [-0.15, -0.1) is 0 Å². The van der Waals surface area contributed by atoms with E-state index in [1.165, 1.54) is 19.3 Å². The molecule has 0 radical (unpaired) electrons. The Kier molecular flexibility index (Phi) is 13.5. The number of aromatic nitrogens is 2. The van der Waals surface area contributed by atoms with Crippen LogP contribution in [0.2, 0.25) is 0 Å². The van der Waals surface area contributed by atoms with Crippen LogP contribution >= 0.6 is 0 Å². The lowest BCUT2D eigenvalue weighted by atomic mass is 9.82. The summed E-state index contributed by atoms with van der Waals surface area (Å²) in [6, 6.07) is 28.2. The lowest BCUT2D eigenvalue weighted by molar-refractivity contribution is -0.305. The van der Waals surface area contributed by atoms with E-state index < -0.39 is 36.3 Å². The number of aliphatic hydroxyl groups is 3. The summed E-state index contributed by atoms with van der Waals surface area (Å²) in [7, 11) is 0. The first-order chi connectivity index (χ1) is 23.8. The van der Waals surface area contributed by atoms with Crippen LogP contribution in [0.25, 0.3) is 0 Å². The Morgan fingerprint density at radius 2 is 1.33 bits per heavy atom. The molecular formula is C41H52N2O6. The van der Waals surface area contributed by atoms with E-state index >= 15 is 0 Å². The van der Waals surface area contributed by atoms with Crippen LogP contribution in [0.1, 0.15) is 84.8 Å². The van der Waals surface area contributed by atoms with Crippen LogP contribution in [0.5, 0.6) is 0 Å². The topological polar surface area (TPSA) is 114 Å². The van der Waals surface area contributed by atoms with E-state index in [4.69, 9.17) is 19.2 Å². The van der Waals surface area contributed by atoms with E-state index in [1.807, 2.05) is 98.8 Å². The van der Waals surface area contributed by atoms with Crippen LogP contribution in [-0.4, -0.2) is 69.2 Å². The zero-order valence-electron chi connectivity index (χ0n) is 29.1. The number of aliphatic hydroxyl groups excluding tert-OH is 3. The van der Waals surface area contributed by atoms with Crippen molar-refractivity contribution in [2.75, 3.05) is 13.2 Å². The van der Waals surface area contributed by atoms with E-state index in [0.717, 1.165) is 59.3 Å². The normalized spacial score (nSPS) is 21.1. The van der Waals surface area contributed by atoms with Gasteiger partial charge in [0.25, 0.3) is 0 Å². The SMILES string of the molecule is CCCCCCCCO[C@@H]1O[C@H](COC(c2ccc(C)cc2)(c2ccc(C)cc2)c2cccc(CCc3ccccn3)n2)[C@@H](O)[C@H](O)[C@H]1O. The van der Waals surface area contributed by atoms with Crippen molar-refractivity contribution in [3.63, 3.8) is 0 Å². The van der Waals surface area contributed by atoms with E-state index in [2.05, 4.69) is 11.9 Å². The van der Waals surface area contributed by atoms with Gasteiger partial charge in [0.05, 0.1) is 12.3 Å². The molecule has 49 heavy (non-hydrogen) atoms. The number of ether oxygens (including phenoxy) is 3. The monoisotopic (exact) mass is 668 g/mol. The first-order valence-electron chi connectivity index (χ1n) is 17.8. The highest BCUT2D eigenvalue weighted by Gasteiger charge is 2.47. The quantitative estimate of drug-likeness (QED) is 0.111. The lowest BCUT2D eigenvalue weighted by Gasteiger charge is -2.42. The minimum absolute atomic E-state index is 0.108. The third kappa shape index (κ3) is 9.39. The van der Waals surface area contributed by atoms with Crippen LogP contribution in [0.15, 0.2) is 91.1 Å². The molecule has 0 unspecified atom stereocenters. The molecule has 4 aromatic rings. The van der Waals surface area contributed by atoms with Crippen molar-refractivity contribution in [1.29, 1.82) is 0 Å². The minimum atomic E-state index is -1.46. The molecule has 1 fully saturated rings. The van der Waals surface area contributed by atoms with Crippen molar-refractivity contribution < 1.29 is 29.5 Å². The molecule has 5 rings (SSSR count). The van der Waals surface area contributed by atoms with Crippen molar-refractivity contribution in [2.45, 2.75) is 108 Å². The zero-order valence-corrected chi connectivity index (χ0v) is 29.1. The predicted molar refractivity (Wildman–Crippen MR) is 190 cm³/mol. The Morgan fingerprint density at radius 3 is 1.98 bits per heavy atom. The molecule has 1 aliphatic heterocycles. The minimum Gasteiger partial charge on any atom is -0.387 e. The molecule has 1 aliphatic rings. The van der Waals surface area contributed by atoms with Gasteiger partial charge in [-0.1, -0.05) is 111 Å². The smallest absolute Gasteiger partial charge is 0.186 e. The Morgan fingerprint density at radius 1 is 0.694 bits per heavy atom. The van der Waals surface area contributed by atoms with Gasteiger partial charge in [-0.2, -0.15) is 0 Å². The standard InChI is InChI=1S/C41H52N2O6/c1-4-5-6-7-8-11-27-47-40-39(46)38(45)37(44)35(49-40)28-48-41(31-20-16-29(2)17-21-31,32-22-18-30(3)19-23-32)36-15-12-14-34(43-36)25-24-33-13-9-10-26-42-33/h9-10,12-23,26,35,37-40,44-46H,4-8,11,24-25,27-28H2,1-3H3/t35-,37-,38+,39-,40-/m1/s1. The van der Waals surface area contributed by atoms with Crippen molar-refractivity contribution >= 4 is 0 Å². The van der Waals surface area contributed by atoms with Gasteiger partial charge in [0.2, 0.25) is 0 Å². The van der Waals surface area contributed by atoms with Gasteiger partial charge in [0, 0.05) is 24.2 Å². The fourth-order valence-corrected chi connectivity index (χ4v) is 6.38. The summed E-state index contributed by atoms with van der Waals surface area (Å²) in [5.41, 5.74) is 5.30. The van der Waals surface area contributed by atoms with E-state index in [-0.39, 0.29) is 6.61 Å². The second kappa shape index (κ2) is 17.9. The van der Waals surface area contributed by atoms with Crippen LogP contribution in [0, 0.1) is 13.8 Å². The second-order valence-corrected chi connectivity index (χ2v) is 13.2. The number of unbranched alkanes of at least 4 members (excludes halogenated alkanes) is 5. The molecule has 0 amide bonds. The number of nitrogens with zero attached hydrogens (tertiary/aromatic N) is 2. The van der Waals surface area contributed by atoms with Gasteiger partial charge in [-0.25, -0.2) is 0 Å². The molecule has 0 spiro atoms. The Hall–Kier alpha value is -3.50. The molecule has 5 atom stereocenters. The predicted octanol–water partition coefficient (Wildman–Crippen LogP) is 6.37. The maximum atomic E-state index is 11.1. The maximum Gasteiger partial charge on any atom is 0.186 e. The Balaban J connectivity index is 1.44. The van der Waals surface area contributed by atoms with Crippen molar-refractivity contribution in [3.05, 3.63) is 130 Å². The first kappa shape index (κ1) is 36.8. The van der Waals surface area contributed by atoms with Crippen LogP contribution in [0.3, 0.4) is 0 Å². The molecule has 3 N–H and O–H groups in total. The summed E-state index contributed by atoms with van der Waals surface area (Å²) in [6.07, 6.45) is 3.48. The summed E-state index contributed by atoms with van der Waals surface area (Å²) < 4.78 is 19.1. The zero-order chi connectivity index (χ0) is 34.6. The number of rotatable bonds is 17. The Labute approximate surface area is 291 Å². The van der Waals surface area contributed by atoms with Gasteiger partial charge in [0.1, 0.15) is 24.4 Å². The summed E-state index contributed by atoms with van der Waals surface area (Å²) >= 11 is 0. The van der Waals surface area contributed by atoms with E-state index in [1.54, 1.807) is 6.20 Å². The van der Waals surface area contributed by atoms with Crippen LogP contribution in [-0.2, 0) is 32.7 Å². The fraction of sp³-hybridized carbons (Fsp3) is 0.463. The fourth-order valence-electron chi connectivity index (χ4n) is 6.38. The van der Waals surface area contributed by atoms with E-state index in [9.17, 15) is 15.3 Å². The van der Waals surface area contributed by atoms with Crippen molar-refractivity contribution in [3.8, 4) is 0 Å². The van der Waals surface area contributed by atoms with Gasteiger partial charge < -0.3 is 29.5 Å². The van der Waals surface area contributed by atoms with Crippen molar-refractivity contribution in [2.24, 2.45) is 0 Å². The molecule has 2 aromatic carbocycles. The number of hydrogen-bond acceptors (Lipinski definition) is 8. The van der Waals surface area contributed by atoms with Crippen molar-refractivity contribution in [1.82, 2.24) is 9.97 Å². The highest BCUT2D eigenvalue weighted by molar-refractivity contribution is 5.46. The number of pyridine rings is 2. The molecular weight excluding hydrogens is 616 g/mol. The third-order valence-corrected chi connectivity index (χ3v) is 9.36. The van der Waals surface area contributed by atoms with Gasteiger partial charge in [-0.3, -0.25) is 9.97 Å². The van der Waals surface area contributed by atoms with E-state index in [0.29, 0.717) is 18.7 Å². The average molecular weight is 669 g/mol. The Bertz CT molecular complexity index is 1500. The van der Waals surface area contributed by atoms with Gasteiger partial charge >= 0.3 is 0 Å². The van der Waals surface area contributed by atoms with Gasteiger partial charge in [0.15, 0.2) is 11.9 Å². The number of hydrogen-bond donors (Lipinski definition) is 3.